The summed E-state index contributed by atoms with van der Waals surface area (Å²) in [6.07, 6.45) is 1.18. The van der Waals surface area contributed by atoms with E-state index in [4.69, 9.17) is 9.47 Å². The minimum Gasteiger partial charge on any atom is -0.381 e. The van der Waals surface area contributed by atoms with Crippen LogP contribution in [0.1, 0.15) is 6.42 Å². The summed E-state index contributed by atoms with van der Waals surface area (Å²) in [5, 5.41) is 0. The Morgan fingerprint density at radius 1 is 1.10 bits per heavy atom. The SMILES string of the molecule is C1CSC2(CCO1)COC2. The van der Waals surface area contributed by atoms with Gasteiger partial charge in [0.05, 0.1) is 24.6 Å². The molecule has 2 aliphatic heterocycles. The highest BCUT2D eigenvalue weighted by atomic mass is 32.2. The standard InChI is InChI=1S/C7H12O2S/c1-2-8-3-4-10-7(1)5-9-6-7/h1-6H2. The Kier molecular flexibility index (Phi) is 1.89. The predicted molar refractivity (Wildman–Crippen MR) is 41.4 cm³/mol. The molecule has 0 aromatic carbocycles. The van der Waals surface area contributed by atoms with Crippen molar-refractivity contribution >= 4 is 11.8 Å². The molecule has 2 saturated heterocycles. The molecule has 2 nitrogen and oxygen atoms in total. The molecule has 0 aliphatic carbocycles. The van der Waals surface area contributed by atoms with E-state index < -0.39 is 0 Å². The van der Waals surface area contributed by atoms with Crippen molar-refractivity contribution in [1.29, 1.82) is 0 Å². The fraction of sp³-hybridized carbons (Fsp3) is 1.00. The van der Waals surface area contributed by atoms with E-state index >= 15 is 0 Å². The second kappa shape index (κ2) is 2.72. The summed E-state index contributed by atoms with van der Waals surface area (Å²) in [5.41, 5.74) is 0. The molecular formula is C7H12O2S. The van der Waals surface area contributed by atoms with E-state index in [0.29, 0.717) is 4.75 Å². The molecule has 3 heteroatoms. The first-order valence-corrected chi connectivity index (χ1v) is 4.69. The molecule has 0 bridgehead atoms. The van der Waals surface area contributed by atoms with Gasteiger partial charge in [0.25, 0.3) is 0 Å². The van der Waals surface area contributed by atoms with Crippen LogP contribution in [0.4, 0.5) is 0 Å². The van der Waals surface area contributed by atoms with Crippen molar-refractivity contribution in [2.75, 3.05) is 32.2 Å². The number of thioether (sulfide) groups is 1. The average molecular weight is 160 g/mol. The molecule has 0 aromatic heterocycles. The van der Waals surface area contributed by atoms with Crippen molar-refractivity contribution in [3.63, 3.8) is 0 Å². The van der Waals surface area contributed by atoms with Crippen molar-refractivity contribution in [1.82, 2.24) is 0 Å². The summed E-state index contributed by atoms with van der Waals surface area (Å²) >= 11 is 2.02. The lowest BCUT2D eigenvalue weighted by Gasteiger charge is -2.39. The summed E-state index contributed by atoms with van der Waals surface area (Å²) in [7, 11) is 0. The van der Waals surface area contributed by atoms with E-state index in [9.17, 15) is 0 Å². The highest BCUT2D eigenvalue weighted by molar-refractivity contribution is 8.00. The number of hydrogen-bond donors (Lipinski definition) is 0. The maximum Gasteiger partial charge on any atom is 0.0649 e. The zero-order valence-corrected chi connectivity index (χ0v) is 6.78. The van der Waals surface area contributed by atoms with Crippen LogP contribution in [0.5, 0.6) is 0 Å². The third kappa shape index (κ3) is 1.18. The lowest BCUT2D eigenvalue weighted by Crippen LogP contribution is -2.46. The van der Waals surface area contributed by atoms with Crippen LogP contribution in [0, 0.1) is 0 Å². The Balaban J connectivity index is 1.92. The van der Waals surface area contributed by atoms with Crippen LogP contribution in [-0.2, 0) is 9.47 Å². The van der Waals surface area contributed by atoms with E-state index in [2.05, 4.69) is 0 Å². The van der Waals surface area contributed by atoms with Crippen LogP contribution in [0.2, 0.25) is 0 Å². The first kappa shape index (κ1) is 6.95. The van der Waals surface area contributed by atoms with E-state index in [1.165, 1.54) is 6.42 Å². The average Bonchev–Trinajstić information content (AvgIpc) is 2.08. The molecule has 2 heterocycles. The first-order valence-electron chi connectivity index (χ1n) is 3.71. The quantitative estimate of drug-likeness (QED) is 0.525. The van der Waals surface area contributed by atoms with Crippen molar-refractivity contribution in [2.24, 2.45) is 0 Å². The first-order chi connectivity index (χ1) is 4.91. The van der Waals surface area contributed by atoms with E-state index in [0.717, 1.165) is 32.2 Å². The van der Waals surface area contributed by atoms with E-state index in [-0.39, 0.29) is 0 Å². The Labute approximate surface area is 65.3 Å². The molecule has 0 amide bonds. The van der Waals surface area contributed by atoms with Gasteiger partial charge in [-0.1, -0.05) is 0 Å². The van der Waals surface area contributed by atoms with Crippen LogP contribution >= 0.6 is 11.8 Å². The van der Waals surface area contributed by atoms with Gasteiger partial charge in [-0.25, -0.2) is 0 Å². The molecule has 1 spiro atoms. The highest BCUT2D eigenvalue weighted by Crippen LogP contribution is 2.37. The maximum atomic E-state index is 5.35. The predicted octanol–water partition coefficient (Wildman–Crippen LogP) is 0.909. The highest BCUT2D eigenvalue weighted by Gasteiger charge is 2.39. The molecule has 10 heavy (non-hydrogen) atoms. The largest absolute Gasteiger partial charge is 0.381 e. The summed E-state index contributed by atoms with van der Waals surface area (Å²) in [6.45, 7) is 3.74. The van der Waals surface area contributed by atoms with Crippen LogP contribution in [0.15, 0.2) is 0 Å². The van der Waals surface area contributed by atoms with Crippen molar-refractivity contribution in [2.45, 2.75) is 11.2 Å². The molecule has 0 unspecified atom stereocenters. The van der Waals surface area contributed by atoms with Gasteiger partial charge < -0.3 is 9.47 Å². The molecule has 2 aliphatic rings. The van der Waals surface area contributed by atoms with E-state index in [1.54, 1.807) is 0 Å². The van der Waals surface area contributed by atoms with E-state index in [1.807, 2.05) is 11.8 Å². The van der Waals surface area contributed by atoms with Crippen LogP contribution < -0.4 is 0 Å². The molecule has 0 atom stereocenters. The van der Waals surface area contributed by atoms with Crippen LogP contribution in [0.3, 0.4) is 0 Å². The number of rotatable bonds is 0. The zero-order valence-electron chi connectivity index (χ0n) is 5.97. The Morgan fingerprint density at radius 2 is 2.00 bits per heavy atom. The van der Waals surface area contributed by atoms with Crippen molar-refractivity contribution in [3.8, 4) is 0 Å². The monoisotopic (exact) mass is 160 g/mol. The fourth-order valence-corrected chi connectivity index (χ4v) is 2.50. The summed E-state index contributed by atoms with van der Waals surface area (Å²) in [6, 6.07) is 0. The van der Waals surface area contributed by atoms with Crippen molar-refractivity contribution in [3.05, 3.63) is 0 Å². The summed E-state index contributed by atoms with van der Waals surface area (Å²) in [4.78, 5) is 0. The molecule has 2 fully saturated rings. The third-order valence-corrected chi connectivity index (χ3v) is 3.49. The second-order valence-corrected chi connectivity index (χ2v) is 4.45. The second-order valence-electron chi connectivity index (χ2n) is 2.89. The van der Waals surface area contributed by atoms with Gasteiger partial charge in [0, 0.05) is 12.4 Å². The third-order valence-electron chi connectivity index (χ3n) is 2.07. The number of ether oxygens (including phenoxy) is 2. The molecule has 0 N–H and O–H groups in total. The van der Waals surface area contributed by atoms with Gasteiger partial charge in [-0.2, -0.15) is 0 Å². The van der Waals surface area contributed by atoms with Crippen LogP contribution in [-0.4, -0.2) is 36.9 Å². The molecule has 0 saturated carbocycles. The minimum absolute atomic E-state index is 0.455. The minimum atomic E-state index is 0.455. The maximum absolute atomic E-state index is 5.35. The Bertz CT molecular complexity index is 113. The molecule has 58 valence electrons. The Morgan fingerprint density at radius 3 is 2.70 bits per heavy atom. The van der Waals surface area contributed by atoms with Crippen molar-refractivity contribution < 1.29 is 9.47 Å². The lowest BCUT2D eigenvalue weighted by atomic mass is 10.0. The van der Waals surface area contributed by atoms with Gasteiger partial charge in [0.15, 0.2) is 0 Å². The van der Waals surface area contributed by atoms with Gasteiger partial charge in [0.2, 0.25) is 0 Å². The number of hydrogen-bond acceptors (Lipinski definition) is 3. The van der Waals surface area contributed by atoms with Gasteiger partial charge in [-0.05, 0) is 6.42 Å². The summed E-state index contributed by atoms with van der Waals surface area (Å²) < 4.78 is 11.0. The lowest BCUT2D eigenvalue weighted by molar-refractivity contribution is -0.0200. The topological polar surface area (TPSA) is 18.5 Å². The zero-order chi connectivity index (χ0) is 6.86. The van der Waals surface area contributed by atoms with Crippen LogP contribution in [0.25, 0.3) is 0 Å². The molecule has 0 aromatic rings. The smallest absolute Gasteiger partial charge is 0.0649 e. The molecule has 2 rings (SSSR count). The summed E-state index contributed by atoms with van der Waals surface area (Å²) in [5.74, 6) is 1.14. The Hall–Kier alpha value is 0.270. The molecule has 0 radical (unpaired) electrons. The van der Waals surface area contributed by atoms with Gasteiger partial charge in [0.1, 0.15) is 0 Å². The van der Waals surface area contributed by atoms with Gasteiger partial charge in [-0.3, -0.25) is 0 Å². The van der Waals surface area contributed by atoms with Gasteiger partial charge in [-0.15, -0.1) is 11.8 Å². The molecular weight excluding hydrogens is 148 g/mol. The normalized spacial score (nSPS) is 31.2. The van der Waals surface area contributed by atoms with Gasteiger partial charge >= 0.3 is 0 Å². The fourth-order valence-electron chi connectivity index (χ4n) is 1.31.